The highest BCUT2D eigenvalue weighted by molar-refractivity contribution is 5.14. The van der Waals surface area contributed by atoms with Crippen LogP contribution in [0.1, 0.15) is 24.8 Å². The fourth-order valence-corrected chi connectivity index (χ4v) is 2.36. The molecule has 1 aromatic rings. The molecule has 2 unspecified atom stereocenters. The Bertz CT molecular complexity index is 291. The van der Waals surface area contributed by atoms with Gasteiger partial charge in [-0.05, 0) is 37.2 Å². The molecule has 2 atom stereocenters. The molecule has 0 spiro atoms. The van der Waals surface area contributed by atoms with Crippen molar-refractivity contribution < 1.29 is 5.11 Å². The van der Waals surface area contributed by atoms with Crippen LogP contribution in [0, 0.1) is 5.92 Å². The highest BCUT2D eigenvalue weighted by Gasteiger charge is 2.19. The summed E-state index contributed by atoms with van der Waals surface area (Å²) in [6, 6.07) is 11.3. The van der Waals surface area contributed by atoms with Gasteiger partial charge >= 0.3 is 0 Å². The van der Waals surface area contributed by atoms with Crippen molar-refractivity contribution in [1.29, 1.82) is 0 Å². The van der Waals surface area contributed by atoms with E-state index in [9.17, 15) is 0 Å². The summed E-state index contributed by atoms with van der Waals surface area (Å²) < 4.78 is 0. The fourth-order valence-electron chi connectivity index (χ4n) is 2.36. The Morgan fingerprint density at radius 2 is 2.00 bits per heavy atom. The molecular formula is C14H21NO. The van der Waals surface area contributed by atoms with Crippen molar-refractivity contribution in [3.8, 4) is 0 Å². The van der Waals surface area contributed by atoms with Crippen molar-refractivity contribution in [1.82, 2.24) is 5.32 Å². The van der Waals surface area contributed by atoms with Crippen LogP contribution in [0.5, 0.6) is 0 Å². The number of benzene rings is 1. The molecule has 88 valence electrons. The average Bonchev–Trinajstić information content (AvgIpc) is 2.38. The molecule has 1 fully saturated rings. The number of hydrogen-bond acceptors (Lipinski definition) is 2. The van der Waals surface area contributed by atoms with Crippen LogP contribution in [0.15, 0.2) is 30.3 Å². The lowest BCUT2D eigenvalue weighted by molar-refractivity contribution is 0.181. The summed E-state index contributed by atoms with van der Waals surface area (Å²) in [4.78, 5) is 0. The van der Waals surface area contributed by atoms with Crippen LogP contribution < -0.4 is 5.32 Å². The second kappa shape index (κ2) is 6.02. The van der Waals surface area contributed by atoms with E-state index in [0.717, 1.165) is 13.0 Å². The zero-order valence-corrected chi connectivity index (χ0v) is 9.73. The first-order valence-corrected chi connectivity index (χ1v) is 6.26. The van der Waals surface area contributed by atoms with Crippen molar-refractivity contribution in [2.75, 3.05) is 13.2 Å². The van der Waals surface area contributed by atoms with E-state index in [1.54, 1.807) is 0 Å². The summed E-state index contributed by atoms with van der Waals surface area (Å²) in [7, 11) is 0. The van der Waals surface area contributed by atoms with Gasteiger partial charge in [-0.3, -0.25) is 0 Å². The summed E-state index contributed by atoms with van der Waals surface area (Å²) in [6.07, 6.45) is 4.74. The molecule has 2 rings (SSSR count). The van der Waals surface area contributed by atoms with Gasteiger partial charge in [0.05, 0.1) is 0 Å². The van der Waals surface area contributed by atoms with E-state index < -0.39 is 0 Å². The molecule has 1 aromatic carbocycles. The monoisotopic (exact) mass is 219 g/mol. The zero-order valence-electron chi connectivity index (χ0n) is 9.73. The maximum Gasteiger partial charge on any atom is 0.0471 e. The van der Waals surface area contributed by atoms with Gasteiger partial charge in [-0.1, -0.05) is 30.3 Å². The summed E-state index contributed by atoms with van der Waals surface area (Å²) in [5.74, 6) is 0.480. The van der Waals surface area contributed by atoms with Crippen LogP contribution in [0.2, 0.25) is 0 Å². The molecule has 0 bridgehead atoms. The van der Waals surface area contributed by atoms with Gasteiger partial charge in [0.1, 0.15) is 0 Å². The van der Waals surface area contributed by atoms with Gasteiger partial charge in [0.15, 0.2) is 0 Å². The number of aliphatic hydroxyl groups is 1. The quantitative estimate of drug-likeness (QED) is 0.811. The molecule has 0 aliphatic carbocycles. The van der Waals surface area contributed by atoms with Gasteiger partial charge in [-0.15, -0.1) is 0 Å². The number of aliphatic hydroxyl groups excluding tert-OH is 1. The molecule has 2 heteroatoms. The molecule has 16 heavy (non-hydrogen) atoms. The van der Waals surface area contributed by atoms with E-state index in [1.807, 2.05) is 0 Å². The predicted octanol–water partition coefficient (Wildman–Crippen LogP) is 1.98. The molecule has 0 saturated carbocycles. The minimum absolute atomic E-state index is 0.332. The van der Waals surface area contributed by atoms with Crippen molar-refractivity contribution in [3.63, 3.8) is 0 Å². The van der Waals surface area contributed by atoms with Crippen molar-refractivity contribution in [3.05, 3.63) is 35.9 Å². The minimum Gasteiger partial charge on any atom is -0.396 e. The Labute approximate surface area is 97.7 Å². The Kier molecular flexibility index (Phi) is 4.37. The van der Waals surface area contributed by atoms with E-state index in [-0.39, 0.29) is 0 Å². The first kappa shape index (κ1) is 11.6. The van der Waals surface area contributed by atoms with Crippen LogP contribution in [-0.4, -0.2) is 24.3 Å². The maximum atomic E-state index is 9.05. The fraction of sp³-hybridized carbons (Fsp3) is 0.571. The Hall–Kier alpha value is -0.860. The molecule has 1 aliphatic heterocycles. The number of rotatable bonds is 4. The third-order valence-electron chi connectivity index (χ3n) is 3.50. The first-order chi connectivity index (χ1) is 7.88. The largest absolute Gasteiger partial charge is 0.396 e. The zero-order chi connectivity index (χ0) is 11.2. The number of hydrogen-bond donors (Lipinski definition) is 2. The summed E-state index contributed by atoms with van der Waals surface area (Å²) in [6.45, 7) is 1.31. The number of nitrogens with one attached hydrogen (secondary N) is 1. The number of aryl methyl sites for hydroxylation is 1. The smallest absolute Gasteiger partial charge is 0.0471 e. The van der Waals surface area contributed by atoms with Crippen LogP contribution in [0.4, 0.5) is 0 Å². The summed E-state index contributed by atoms with van der Waals surface area (Å²) in [5.41, 5.74) is 1.42. The van der Waals surface area contributed by atoms with Crippen molar-refractivity contribution in [2.45, 2.75) is 31.7 Å². The van der Waals surface area contributed by atoms with Crippen LogP contribution in [0.3, 0.4) is 0 Å². The molecule has 0 amide bonds. The van der Waals surface area contributed by atoms with E-state index in [1.165, 1.54) is 24.8 Å². The van der Waals surface area contributed by atoms with Crippen LogP contribution in [-0.2, 0) is 6.42 Å². The molecule has 2 nitrogen and oxygen atoms in total. The van der Waals surface area contributed by atoms with Crippen molar-refractivity contribution in [2.24, 2.45) is 5.92 Å². The van der Waals surface area contributed by atoms with E-state index in [2.05, 4.69) is 35.6 Å². The molecule has 0 aromatic heterocycles. The van der Waals surface area contributed by atoms with Gasteiger partial charge < -0.3 is 10.4 Å². The first-order valence-electron chi connectivity index (χ1n) is 6.26. The molecule has 0 radical (unpaired) electrons. The van der Waals surface area contributed by atoms with Gasteiger partial charge in [-0.2, -0.15) is 0 Å². The average molecular weight is 219 g/mol. The highest BCUT2D eigenvalue weighted by atomic mass is 16.3. The highest BCUT2D eigenvalue weighted by Crippen LogP contribution is 2.17. The lowest BCUT2D eigenvalue weighted by Gasteiger charge is -2.28. The SMILES string of the molecule is OCC1CCC(CCc2ccccc2)NC1. The molecule has 1 aliphatic rings. The van der Waals surface area contributed by atoms with Gasteiger partial charge in [0.25, 0.3) is 0 Å². The van der Waals surface area contributed by atoms with E-state index in [0.29, 0.717) is 18.6 Å². The topological polar surface area (TPSA) is 32.3 Å². The van der Waals surface area contributed by atoms with E-state index in [4.69, 9.17) is 5.11 Å². The molecule has 1 saturated heterocycles. The van der Waals surface area contributed by atoms with Gasteiger partial charge in [-0.25, -0.2) is 0 Å². The normalized spacial score (nSPS) is 25.6. The second-order valence-corrected chi connectivity index (χ2v) is 4.76. The third-order valence-corrected chi connectivity index (χ3v) is 3.50. The molecule has 2 N–H and O–H groups in total. The lowest BCUT2D eigenvalue weighted by atomic mass is 9.92. The third kappa shape index (κ3) is 3.32. The number of piperidine rings is 1. The maximum absolute atomic E-state index is 9.05. The molecule has 1 heterocycles. The second-order valence-electron chi connectivity index (χ2n) is 4.76. The predicted molar refractivity (Wildman–Crippen MR) is 66.4 cm³/mol. The minimum atomic E-state index is 0.332. The molecular weight excluding hydrogens is 198 g/mol. The Morgan fingerprint density at radius 1 is 1.19 bits per heavy atom. The summed E-state index contributed by atoms with van der Waals surface area (Å²) in [5, 5.41) is 12.6. The van der Waals surface area contributed by atoms with Crippen LogP contribution >= 0.6 is 0 Å². The standard InChI is InChI=1S/C14H21NO/c16-11-13-7-9-14(15-10-13)8-6-12-4-2-1-3-5-12/h1-5,13-16H,6-11H2. The van der Waals surface area contributed by atoms with Crippen LogP contribution in [0.25, 0.3) is 0 Å². The Morgan fingerprint density at radius 3 is 2.62 bits per heavy atom. The van der Waals surface area contributed by atoms with E-state index >= 15 is 0 Å². The van der Waals surface area contributed by atoms with Crippen molar-refractivity contribution >= 4 is 0 Å². The van der Waals surface area contributed by atoms with Gasteiger partial charge in [0.2, 0.25) is 0 Å². The Balaban J connectivity index is 1.72. The lowest BCUT2D eigenvalue weighted by Crippen LogP contribution is -2.40. The van der Waals surface area contributed by atoms with Gasteiger partial charge in [0, 0.05) is 19.2 Å². The summed E-state index contributed by atoms with van der Waals surface area (Å²) >= 11 is 0.